The van der Waals surface area contributed by atoms with Gasteiger partial charge >= 0.3 is 6.18 Å². The molecule has 1 N–H and O–H groups in total. The lowest BCUT2D eigenvalue weighted by Gasteiger charge is -2.14. The third kappa shape index (κ3) is 4.00. The van der Waals surface area contributed by atoms with Gasteiger partial charge in [-0.25, -0.2) is 8.78 Å². The summed E-state index contributed by atoms with van der Waals surface area (Å²) in [6, 6.07) is 7.51. The highest BCUT2D eigenvalue weighted by atomic mass is 32.2. The molecule has 0 saturated heterocycles. The Labute approximate surface area is 157 Å². The second kappa shape index (κ2) is 7.26. The molecule has 28 heavy (non-hydrogen) atoms. The normalized spacial score (nSPS) is 12.8. The number of hydrogen-bond acceptors (Lipinski definition) is 3. The van der Waals surface area contributed by atoms with Gasteiger partial charge in [-0.2, -0.15) is 18.4 Å². The number of aromatic amines is 1. The van der Waals surface area contributed by atoms with Crippen LogP contribution in [0.15, 0.2) is 46.1 Å². The first kappa shape index (κ1) is 19.9. The number of aromatic nitrogens is 1. The number of nitriles is 1. The average Bonchev–Trinajstić information content (AvgIpc) is 2.58. The van der Waals surface area contributed by atoms with Crippen molar-refractivity contribution < 1.29 is 26.5 Å². The lowest BCUT2D eigenvalue weighted by atomic mass is 10.0. The van der Waals surface area contributed by atoms with E-state index in [0.717, 1.165) is 30.3 Å². The van der Waals surface area contributed by atoms with Gasteiger partial charge in [0.25, 0.3) is 0 Å². The summed E-state index contributed by atoms with van der Waals surface area (Å²) in [4.78, 5) is 14.6. The Kier molecular flexibility index (Phi) is 5.14. The van der Waals surface area contributed by atoms with E-state index in [1.807, 2.05) is 6.07 Å². The number of H-pyrrole nitrogens is 1. The minimum absolute atomic E-state index is 0.0146. The van der Waals surface area contributed by atoms with Crippen molar-refractivity contribution >= 4 is 22.1 Å². The fourth-order valence-corrected chi connectivity index (χ4v) is 3.60. The molecular weight excluding hydrogens is 403 g/mol. The SMILES string of the molecule is N#Cc1ccc([S+]([O-])CC(F)(F)F)cc1-c1cc(=O)c2c(F)cc(F)cc2[nH]1. The molecule has 0 aliphatic rings. The fraction of sp³-hybridized carbons (Fsp3) is 0.111. The molecule has 144 valence electrons. The standard InChI is InChI=1S/C18H9F5N2O2S/c19-10-3-13(20)17-15(4-10)25-14(6-16(17)26)12-5-11(2-1-9(12)7-24)28(27)8-18(21,22)23/h1-6H,8H2,(H,25,26). The molecule has 10 heteroatoms. The summed E-state index contributed by atoms with van der Waals surface area (Å²) in [5.41, 5.74) is -1.10. The minimum atomic E-state index is -4.66. The van der Waals surface area contributed by atoms with E-state index in [1.165, 1.54) is 0 Å². The molecule has 1 atom stereocenters. The van der Waals surface area contributed by atoms with Crippen LogP contribution < -0.4 is 5.43 Å². The van der Waals surface area contributed by atoms with Gasteiger partial charge in [-0.15, -0.1) is 0 Å². The molecule has 2 aromatic carbocycles. The molecule has 0 spiro atoms. The van der Waals surface area contributed by atoms with Gasteiger partial charge in [0.1, 0.15) is 11.6 Å². The Morgan fingerprint density at radius 2 is 1.86 bits per heavy atom. The maximum Gasteiger partial charge on any atom is 0.433 e. The van der Waals surface area contributed by atoms with Gasteiger partial charge in [0, 0.05) is 23.8 Å². The van der Waals surface area contributed by atoms with E-state index in [9.17, 15) is 36.6 Å². The number of rotatable bonds is 3. The van der Waals surface area contributed by atoms with Crippen LogP contribution in [0.5, 0.6) is 0 Å². The first-order valence-electron chi connectivity index (χ1n) is 7.61. The minimum Gasteiger partial charge on any atom is -0.611 e. The second-order valence-corrected chi connectivity index (χ2v) is 7.23. The summed E-state index contributed by atoms with van der Waals surface area (Å²) in [6.07, 6.45) is -4.66. The van der Waals surface area contributed by atoms with E-state index in [-0.39, 0.29) is 27.2 Å². The number of fused-ring (bicyclic) bond motifs is 1. The Hall–Kier alpha value is -2.90. The van der Waals surface area contributed by atoms with Crippen molar-refractivity contribution in [1.29, 1.82) is 5.26 Å². The van der Waals surface area contributed by atoms with Gasteiger partial charge < -0.3 is 9.54 Å². The van der Waals surface area contributed by atoms with Crippen LogP contribution in [0, 0.1) is 23.0 Å². The Bertz CT molecular complexity index is 1170. The van der Waals surface area contributed by atoms with E-state index in [1.54, 1.807) is 0 Å². The Balaban J connectivity index is 2.19. The van der Waals surface area contributed by atoms with Crippen molar-refractivity contribution in [3.63, 3.8) is 0 Å². The molecule has 0 amide bonds. The van der Waals surface area contributed by atoms with Crippen LogP contribution in [-0.4, -0.2) is 21.5 Å². The van der Waals surface area contributed by atoms with E-state index in [0.29, 0.717) is 6.07 Å². The fourth-order valence-electron chi connectivity index (χ4n) is 2.67. The van der Waals surface area contributed by atoms with Gasteiger partial charge in [0.05, 0.1) is 28.2 Å². The molecule has 0 radical (unpaired) electrons. The maximum absolute atomic E-state index is 13.9. The predicted molar refractivity (Wildman–Crippen MR) is 92.0 cm³/mol. The third-order valence-corrected chi connectivity index (χ3v) is 5.17. The van der Waals surface area contributed by atoms with Gasteiger partial charge in [-0.3, -0.25) is 4.79 Å². The van der Waals surface area contributed by atoms with Gasteiger partial charge in [-0.1, -0.05) is 0 Å². The van der Waals surface area contributed by atoms with E-state index in [4.69, 9.17) is 0 Å². The summed E-state index contributed by atoms with van der Waals surface area (Å²) in [7, 11) is 0. The number of hydrogen-bond donors (Lipinski definition) is 1. The highest BCUT2D eigenvalue weighted by Crippen LogP contribution is 2.29. The summed E-state index contributed by atoms with van der Waals surface area (Å²) >= 11 is -2.43. The van der Waals surface area contributed by atoms with Crippen molar-refractivity contribution in [2.24, 2.45) is 0 Å². The molecule has 0 bridgehead atoms. The third-order valence-electron chi connectivity index (χ3n) is 3.81. The molecule has 0 fully saturated rings. The van der Waals surface area contributed by atoms with Crippen LogP contribution >= 0.6 is 0 Å². The zero-order chi connectivity index (χ0) is 20.6. The van der Waals surface area contributed by atoms with Crippen LogP contribution in [0.25, 0.3) is 22.2 Å². The number of alkyl halides is 3. The molecule has 3 aromatic rings. The highest BCUT2D eigenvalue weighted by molar-refractivity contribution is 7.91. The Morgan fingerprint density at radius 3 is 2.50 bits per heavy atom. The van der Waals surface area contributed by atoms with Gasteiger partial charge in [0.2, 0.25) is 5.75 Å². The monoisotopic (exact) mass is 412 g/mol. The molecule has 1 aromatic heterocycles. The van der Waals surface area contributed by atoms with E-state index >= 15 is 0 Å². The number of nitrogens with one attached hydrogen (secondary N) is 1. The largest absolute Gasteiger partial charge is 0.611 e. The second-order valence-electron chi connectivity index (χ2n) is 5.78. The van der Waals surface area contributed by atoms with Crippen LogP contribution in [0.4, 0.5) is 22.0 Å². The molecule has 0 aliphatic heterocycles. The number of halogens is 5. The molecule has 0 saturated carbocycles. The van der Waals surface area contributed by atoms with E-state index < -0.39 is 45.6 Å². The first-order chi connectivity index (χ1) is 13.1. The molecule has 4 nitrogen and oxygen atoms in total. The molecule has 1 unspecified atom stereocenters. The van der Waals surface area contributed by atoms with Crippen LogP contribution in [-0.2, 0) is 11.2 Å². The average molecular weight is 412 g/mol. The zero-order valence-electron chi connectivity index (χ0n) is 13.7. The molecular formula is C18H9F5N2O2S. The predicted octanol–water partition coefficient (Wildman–Crippen LogP) is 4.01. The van der Waals surface area contributed by atoms with E-state index in [2.05, 4.69) is 4.98 Å². The summed E-state index contributed by atoms with van der Waals surface area (Å²) < 4.78 is 76.8. The number of nitrogens with zero attached hydrogens (tertiary/aromatic N) is 1. The first-order valence-corrected chi connectivity index (χ1v) is 8.92. The van der Waals surface area contributed by atoms with Crippen LogP contribution in [0.3, 0.4) is 0 Å². The lowest BCUT2D eigenvalue weighted by Crippen LogP contribution is -2.23. The molecule has 1 heterocycles. The number of benzene rings is 2. The van der Waals surface area contributed by atoms with Crippen LogP contribution in [0.1, 0.15) is 5.56 Å². The van der Waals surface area contributed by atoms with Crippen molar-refractivity contribution in [2.75, 3.05) is 5.75 Å². The van der Waals surface area contributed by atoms with Crippen molar-refractivity contribution in [2.45, 2.75) is 11.1 Å². The van der Waals surface area contributed by atoms with Crippen molar-refractivity contribution in [1.82, 2.24) is 4.98 Å². The summed E-state index contributed by atoms with van der Waals surface area (Å²) in [5, 5.41) is 8.85. The quantitative estimate of drug-likeness (QED) is 0.521. The Morgan fingerprint density at radius 1 is 1.14 bits per heavy atom. The zero-order valence-corrected chi connectivity index (χ0v) is 14.5. The highest BCUT2D eigenvalue weighted by Gasteiger charge is 2.35. The molecule has 0 aliphatic carbocycles. The summed E-state index contributed by atoms with van der Waals surface area (Å²) in [6.45, 7) is 0. The smallest absolute Gasteiger partial charge is 0.433 e. The maximum atomic E-state index is 13.9. The summed E-state index contributed by atoms with van der Waals surface area (Å²) in [5.74, 6) is -3.61. The number of pyridine rings is 1. The van der Waals surface area contributed by atoms with Crippen molar-refractivity contribution in [3.8, 4) is 17.3 Å². The van der Waals surface area contributed by atoms with Crippen LogP contribution in [0.2, 0.25) is 0 Å². The lowest BCUT2D eigenvalue weighted by molar-refractivity contribution is -0.106. The topological polar surface area (TPSA) is 79.7 Å². The van der Waals surface area contributed by atoms with Crippen molar-refractivity contribution in [3.05, 3.63) is 63.8 Å². The van der Waals surface area contributed by atoms with Gasteiger partial charge in [0.15, 0.2) is 10.3 Å². The molecule has 3 rings (SSSR count). The van der Waals surface area contributed by atoms with Gasteiger partial charge in [-0.05, 0) is 29.4 Å².